The SMILES string of the molecule is CC1=C(/C=C/C(C)=C/C=C/C(C)=C/c2cc([O-])ns2)C(C)(C)CCC1. The van der Waals surface area contributed by atoms with Gasteiger partial charge in [-0.15, -0.1) is 0 Å². The molecule has 25 heavy (non-hydrogen) atoms. The zero-order valence-corrected chi connectivity index (χ0v) is 16.7. The number of hydrogen-bond acceptors (Lipinski definition) is 3. The average molecular weight is 355 g/mol. The number of rotatable bonds is 5. The van der Waals surface area contributed by atoms with E-state index in [1.165, 1.54) is 47.5 Å². The molecule has 0 atom stereocenters. The molecule has 1 heterocycles. The molecule has 0 saturated heterocycles. The van der Waals surface area contributed by atoms with E-state index in [0.717, 1.165) is 10.5 Å². The van der Waals surface area contributed by atoms with Crippen molar-refractivity contribution in [1.29, 1.82) is 0 Å². The van der Waals surface area contributed by atoms with Gasteiger partial charge in [0.2, 0.25) is 0 Å². The van der Waals surface area contributed by atoms with Gasteiger partial charge in [-0.2, -0.15) is 0 Å². The summed E-state index contributed by atoms with van der Waals surface area (Å²) in [7, 11) is 0. The molecule has 1 aromatic heterocycles. The van der Waals surface area contributed by atoms with E-state index in [-0.39, 0.29) is 11.3 Å². The minimum Gasteiger partial charge on any atom is -0.858 e. The molecule has 3 heteroatoms. The first-order chi connectivity index (χ1) is 11.8. The van der Waals surface area contributed by atoms with Crippen molar-refractivity contribution in [3.05, 3.63) is 63.6 Å². The molecule has 1 aliphatic rings. The average Bonchev–Trinajstić information content (AvgIpc) is 2.91. The summed E-state index contributed by atoms with van der Waals surface area (Å²) in [6, 6.07) is 1.56. The fourth-order valence-electron chi connectivity index (χ4n) is 3.24. The minimum absolute atomic E-state index is 0.163. The molecule has 2 rings (SSSR count). The Labute approximate surface area is 156 Å². The predicted octanol–water partition coefficient (Wildman–Crippen LogP) is 6.21. The maximum Gasteiger partial charge on any atom is 0.0473 e. The van der Waals surface area contributed by atoms with Crippen LogP contribution in [0, 0.1) is 5.41 Å². The molecule has 0 aliphatic heterocycles. The summed E-state index contributed by atoms with van der Waals surface area (Å²) >= 11 is 1.24. The molecule has 0 unspecified atom stereocenters. The van der Waals surface area contributed by atoms with Crippen LogP contribution in [0.3, 0.4) is 0 Å². The summed E-state index contributed by atoms with van der Waals surface area (Å²) in [5.41, 5.74) is 5.62. The highest BCUT2D eigenvalue weighted by Gasteiger charge is 2.26. The molecule has 0 radical (unpaired) electrons. The van der Waals surface area contributed by atoms with E-state index in [4.69, 9.17) is 0 Å². The maximum atomic E-state index is 11.1. The molecule has 0 saturated carbocycles. The first-order valence-corrected chi connectivity index (χ1v) is 9.60. The number of aromatic nitrogens is 1. The van der Waals surface area contributed by atoms with Crippen molar-refractivity contribution in [2.45, 2.75) is 53.9 Å². The van der Waals surface area contributed by atoms with E-state index in [1.54, 1.807) is 6.07 Å². The molecule has 2 nitrogen and oxygen atoms in total. The molecule has 0 amide bonds. The van der Waals surface area contributed by atoms with Gasteiger partial charge in [0.1, 0.15) is 0 Å². The van der Waals surface area contributed by atoms with E-state index in [9.17, 15) is 5.11 Å². The van der Waals surface area contributed by atoms with E-state index in [1.807, 2.05) is 13.0 Å². The molecule has 1 aromatic rings. The monoisotopic (exact) mass is 354 g/mol. The van der Waals surface area contributed by atoms with Crippen molar-refractivity contribution in [2.24, 2.45) is 5.41 Å². The quantitative estimate of drug-likeness (QED) is 0.590. The summed E-state index contributed by atoms with van der Waals surface area (Å²) in [6.07, 6.45) is 16.5. The topological polar surface area (TPSA) is 36.0 Å². The van der Waals surface area contributed by atoms with Crippen LogP contribution in [0.25, 0.3) is 6.08 Å². The van der Waals surface area contributed by atoms with Crippen LogP contribution < -0.4 is 5.11 Å². The van der Waals surface area contributed by atoms with Crippen molar-refractivity contribution < 1.29 is 5.11 Å². The first-order valence-electron chi connectivity index (χ1n) is 8.83. The van der Waals surface area contributed by atoms with Crippen molar-refractivity contribution >= 4 is 17.6 Å². The fourth-order valence-corrected chi connectivity index (χ4v) is 3.89. The predicted molar refractivity (Wildman–Crippen MR) is 108 cm³/mol. The van der Waals surface area contributed by atoms with Gasteiger partial charge in [-0.1, -0.05) is 55.4 Å². The van der Waals surface area contributed by atoms with Crippen LogP contribution in [0.15, 0.2) is 58.7 Å². The van der Waals surface area contributed by atoms with Crippen LogP contribution in [0.2, 0.25) is 0 Å². The molecule has 0 bridgehead atoms. The van der Waals surface area contributed by atoms with Gasteiger partial charge in [-0.3, -0.25) is 0 Å². The van der Waals surface area contributed by atoms with Gasteiger partial charge in [0.25, 0.3) is 0 Å². The molecule has 1 aliphatic carbocycles. The van der Waals surface area contributed by atoms with Crippen LogP contribution in [0.4, 0.5) is 0 Å². The summed E-state index contributed by atoms with van der Waals surface area (Å²) in [5, 5.41) is 11.1. The molecule has 0 N–H and O–H groups in total. The third kappa shape index (κ3) is 5.86. The lowest BCUT2D eigenvalue weighted by Gasteiger charge is -2.32. The van der Waals surface area contributed by atoms with Crippen LogP contribution in [-0.4, -0.2) is 4.37 Å². The fraction of sp³-hybridized carbons (Fsp3) is 0.409. The summed E-state index contributed by atoms with van der Waals surface area (Å²) in [6.45, 7) is 11.1. The van der Waals surface area contributed by atoms with Gasteiger partial charge in [0.05, 0.1) is 0 Å². The summed E-state index contributed by atoms with van der Waals surface area (Å²) in [5.74, 6) is -0.163. The molecule has 0 aromatic carbocycles. The zero-order valence-electron chi connectivity index (χ0n) is 15.9. The standard InChI is InChI=1S/C22H29NOS/c1-16(11-12-20-18(3)10-7-13-22(20,4)5)8-6-9-17(2)14-19-15-21(24)23-25-19/h6,8-9,11-12,14-15H,7,10,13H2,1-5H3,(H,23,24)/p-1/b9-6+,12-11+,16-8+,17-14+. The highest BCUT2D eigenvalue weighted by molar-refractivity contribution is 7.06. The molecule has 134 valence electrons. The Morgan fingerprint density at radius 2 is 2.00 bits per heavy atom. The zero-order chi connectivity index (χ0) is 18.4. The van der Waals surface area contributed by atoms with E-state index >= 15 is 0 Å². The summed E-state index contributed by atoms with van der Waals surface area (Å²) < 4.78 is 3.76. The normalized spacial score (nSPS) is 19.4. The number of allylic oxidation sites excluding steroid dienone is 9. The smallest absolute Gasteiger partial charge is 0.0473 e. The molecule has 0 fully saturated rings. The van der Waals surface area contributed by atoms with E-state index in [0.29, 0.717) is 0 Å². The van der Waals surface area contributed by atoms with Gasteiger partial charge in [-0.25, -0.2) is 4.37 Å². The third-order valence-electron chi connectivity index (χ3n) is 4.65. The Morgan fingerprint density at radius 1 is 1.24 bits per heavy atom. The van der Waals surface area contributed by atoms with Crippen LogP contribution >= 0.6 is 11.5 Å². The van der Waals surface area contributed by atoms with Crippen molar-refractivity contribution in [1.82, 2.24) is 4.37 Å². The first kappa shape index (κ1) is 19.5. The van der Waals surface area contributed by atoms with Crippen molar-refractivity contribution in [2.75, 3.05) is 0 Å². The summed E-state index contributed by atoms with van der Waals surface area (Å²) in [4.78, 5) is 0.898. The van der Waals surface area contributed by atoms with Crippen LogP contribution in [0.5, 0.6) is 5.88 Å². The van der Waals surface area contributed by atoms with Gasteiger partial charge in [0.15, 0.2) is 0 Å². The lowest BCUT2D eigenvalue weighted by atomic mass is 9.72. The molecular weight excluding hydrogens is 326 g/mol. The minimum atomic E-state index is -0.163. The molecule has 0 spiro atoms. The Balaban J connectivity index is 2.02. The van der Waals surface area contributed by atoms with Gasteiger partial charge >= 0.3 is 0 Å². The Kier molecular flexibility index (Phi) is 6.60. The largest absolute Gasteiger partial charge is 0.858 e. The highest BCUT2D eigenvalue weighted by atomic mass is 32.1. The molecular formula is C22H28NOS-. The van der Waals surface area contributed by atoms with Crippen molar-refractivity contribution in [3.8, 4) is 5.88 Å². The second-order valence-electron chi connectivity index (χ2n) is 7.49. The lowest BCUT2D eigenvalue weighted by molar-refractivity contribution is -0.273. The third-order valence-corrected chi connectivity index (χ3v) is 5.37. The van der Waals surface area contributed by atoms with Crippen LogP contribution in [-0.2, 0) is 0 Å². The second kappa shape index (κ2) is 8.48. The van der Waals surface area contributed by atoms with E-state index < -0.39 is 0 Å². The van der Waals surface area contributed by atoms with E-state index in [2.05, 4.69) is 62.4 Å². The highest BCUT2D eigenvalue weighted by Crippen LogP contribution is 2.40. The van der Waals surface area contributed by atoms with Gasteiger partial charge < -0.3 is 5.11 Å². The lowest BCUT2D eigenvalue weighted by Crippen LogP contribution is -2.19. The number of nitrogens with zero attached hydrogens (tertiary/aromatic N) is 1. The maximum absolute atomic E-state index is 11.1. The van der Waals surface area contributed by atoms with Crippen molar-refractivity contribution in [3.63, 3.8) is 0 Å². The Bertz CT molecular complexity index is 757. The van der Waals surface area contributed by atoms with Gasteiger partial charge in [-0.05, 0) is 80.3 Å². The Morgan fingerprint density at radius 3 is 2.64 bits per heavy atom. The second-order valence-corrected chi connectivity index (χ2v) is 8.33. The van der Waals surface area contributed by atoms with Gasteiger partial charge in [0, 0.05) is 10.8 Å². The van der Waals surface area contributed by atoms with Crippen LogP contribution in [0.1, 0.15) is 58.8 Å². The Hall–Kier alpha value is -1.87. The number of hydrogen-bond donors (Lipinski definition) is 0.